The fraction of sp³-hybridized carbons (Fsp3) is 0.294. The summed E-state index contributed by atoms with van der Waals surface area (Å²) in [5, 5.41) is 0. The summed E-state index contributed by atoms with van der Waals surface area (Å²) in [7, 11) is 0. The van der Waals surface area contributed by atoms with Crippen LogP contribution in [-0.2, 0) is 17.8 Å². The van der Waals surface area contributed by atoms with E-state index < -0.39 is 0 Å². The molecule has 0 saturated carbocycles. The van der Waals surface area contributed by atoms with Crippen LogP contribution in [0.5, 0.6) is 0 Å². The first-order chi connectivity index (χ1) is 9.13. The zero-order valence-electron chi connectivity index (χ0n) is 11.6. The van der Waals surface area contributed by atoms with E-state index in [1.807, 2.05) is 12.1 Å². The molecular weight excluding hydrogens is 234 g/mol. The first kappa shape index (κ1) is 13.6. The zero-order valence-corrected chi connectivity index (χ0v) is 11.6. The minimum Gasteiger partial charge on any atom is -0.399 e. The second kappa shape index (κ2) is 6.39. The summed E-state index contributed by atoms with van der Waals surface area (Å²) in [4.78, 5) is 0. The highest BCUT2D eigenvalue weighted by atomic mass is 16.5. The van der Waals surface area contributed by atoms with Gasteiger partial charge in [-0.05, 0) is 49.1 Å². The van der Waals surface area contributed by atoms with E-state index in [0.717, 1.165) is 12.1 Å². The second-order valence-corrected chi connectivity index (χ2v) is 5.09. The largest absolute Gasteiger partial charge is 0.399 e. The molecule has 2 nitrogen and oxygen atoms in total. The van der Waals surface area contributed by atoms with Crippen molar-refractivity contribution in [3.8, 4) is 0 Å². The smallest absolute Gasteiger partial charge is 0.0720 e. The van der Waals surface area contributed by atoms with Crippen LogP contribution < -0.4 is 5.73 Å². The Morgan fingerprint density at radius 2 is 1.32 bits per heavy atom. The van der Waals surface area contributed by atoms with E-state index >= 15 is 0 Å². The van der Waals surface area contributed by atoms with Crippen molar-refractivity contribution in [2.45, 2.75) is 33.0 Å². The lowest BCUT2D eigenvalue weighted by Crippen LogP contribution is -2.02. The van der Waals surface area contributed by atoms with Crippen molar-refractivity contribution in [1.82, 2.24) is 0 Å². The molecule has 2 aromatic rings. The van der Waals surface area contributed by atoms with Gasteiger partial charge in [0.1, 0.15) is 0 Å². The van der Waals surface area contributed by atoms with Crippen molar-refractivity contribution >= 4 is 5.69 Å². The summed E-state index contributed by atoms with van der Waals surface area (Å²) in [6, 6.07) is 16.6. The molecule has 0 aromatic heterocycles. The SMILES string of the molecule is CC(C)OCc1ccc(Cc2ccc(N)cc2)cc1. The highest BCUT2D eigenvalue weighted by molar-refractivity contribution is 5.40. The topological polar surface area (TPSA) is 35.2 Å². The third-order valence-corrected chi connectivity index (χ3v) is 2.99. The van der Waals surface area contributed by atoms with Gasteiger partial charge in [0.25, 0.3) is 0 Å². The molecule has 0 radical (unpaired) electrons. The van der Waals surface area contributed by atoms with Crippen LogP contribution in [0.15, 0.2) is 48.5 Å². The summed E-state index contributed by atoms with van der Waals surface area (Å²) in [6.07, 6.45) is 1.21. The highest BCUT2D eigenvalue weighted by Crippen LogP contribution is 2.13. The van der Waals surface area contributed by atoms with E-state index in [9.17, 15) is 0 Å². The van der Waals surface area contributed by atoms with E-state index in [1.54, 1.807) is 0 Å². The molecule has 0 amide bonds. The molecule has 0 spiro atoms. The molecule has 0 aliphatic carbocycles. The summed E-state index contributed by atoms with van der Waals surface area (Å²) in [6.45, 7) is 4.78. The Hall–Kier alpha value is -1.80. The molecule has 0 bridgehead atoms. The van der Waals surface area contributed by atoms with Crippen molar-refractivity contribution in [1.29, 1.82) is 0 Å². The Kier molecular flexibility index (Phi) is 4.58. The minimum absolute atomic E-state index is 0.273. The van der Waals surface area contributed by atoms with Gasteiger partial charge in [-0.3, -0.25) is 0 Å². The molecule has 2 N–H and O–H groups in total. The number of ether oxygens (including phenoxy) is 1. The molecule has 100 valence electrons. The number of nitrogens with two attached hydrogens (primary N) is 1. The average molecular weight is 255 g/mol. The molecule has 0 aliphatic heterocycles. The summed E-state index contributed by atoms with van der Waals surface area (Å²) in [5.74, 6) is 0. The van der Waals surface area contributed by atoms with Crippen LogP contribution in [0, 0.1) is 0 Å². The second-order valence-electron chi connectivity index (χ2n) is 5.09. The Labute approximate surface area is 115 Å². The molecule has 2 rings (SSSR count). The predicted molar refractivity (Wildman–Crippen MR) is 80.0 cm³/mol. The monoisotopic (exact) mass is 255 g/mol. The van der Waals surface area contributed by atoms with Crippen molar-refractivity contribution in [3.05, 3.63) is 65.2 Å². The van der Waals surface area contributed by atoms with Gasteiger partial charge in [-0.1, -0.05) is 36.4 Å². The fourth-order valence-electron chi connectivity index (χ4n) is 1.89. The Balaban J connectivity index is 1.96. The van der Waals surface area contributed by atoms with E-state index in [-0.39, 0.29) is 6.10 Å². The number of benzene rings is 2. The summed E-state index contributed by atoms with van der Waals surface area (Å²) < 4.78 is 5.59. The first-order valence-corrected chi connectivity index (χ1v) is 6.67. The van der Waals surface area contributed by atoms with Gasteiger partial charge in [0.2, 0.25) is 0 Å². The maximum absolute atomic E-state index is 5.68. The third kappa shape index (κ3) is 4.42. The van der Waals surface area contributed by atoms with Crippen molar-refractivity contribution < 1.29 is 4.74 Å². The highest BCUT2D eigenvalue weighted by Gasteiger charge is 1.99. The van der Waals surface area contributed by atoms with Gasteiger partial charge in [0, 0.05) is 5.69 Å². The molecule has 2 aromatic carbocycles. The van der Waals surface area contributed by atoms with Crippen molar-refractivity contribution in [3.63, 3.8) is 0 Å². The predicted octanol–water partition coefficient (Wildman–Crippen LogP) is 3.78. The Bertz CT molecular complexity index is 500. The van der Waals surface area contributed by atoms with E-state index in [1.165, 1.54) is 16.7 Å². The van der Waals surface area contributed by atoms with Crippen LogP contribution in [0.25, 0.3) is 0 Å². The summed E-state index contributed by atoms with van der Waals surface area (Å²) in [5.41, 5.74) is 10.3. The number of hydrogen-bond donors (Lipinski definition) is 1. The van der Waals surface area contributed by atoms with Crippen molar-refractivity contribution in [2.24, 2.45) is 0 Å². The first-order valence-electron chi connectivity index (χ1n) is 6.67. The van der Waals surface area contributed by atoms with Gasteiger partial charge in [0.15, 0.2) is 0 Å². The van der Waals surface area contributed by atoms with Gasteiger partial charge in [-0.2, -0.15) is 0 Å². The number of anilines is 1. The standard InChI is InChI=1S/C17H21NO/c1-13(2)19-12-16-5-3-14(4-6-16)11-15-7-9-17(18)10-8-15/h3-10,13H,11-12,18H2,1-2H3. The molecule has 2 heteroatoms. The van der Waals surface area contributed by atoms with E-state index in [0.29, 0.717) is 6.61 Å². The molecule has 0 heterocycles. The van der Waals surface area contributed by atoms with Crippen LogP contribution in [-0.4, -0.2) is 6.10 Å². The van der Waals surface area contributed by atoms with Gasteiger partial charge in [-0.15, -0.1) is 0 Å². The fourth-order valence-corrected chi connectivity index (χ4v) is 1.89. The van der Waals surface area contributed by atoms with Gasteiger partial charge in [0.05, 0.1) is 12.7 Å². The lowest BCUT2D eigenvalue weighted by molar-refractivity contribution is 0.0657. The minimum atomic E-state index is 0.273. The lowest BCUT2D eigenvalue weighted by atomic mass is 10.0. The third-order valence-electron chi connectivity index (χ3n) is 2.99. The molecule has 0 atom stereocenters. The average Bonchev–Trinajstić information content (AvgIpc) is 2.40. The van der Waals surface area contributed by atoms with Gasteiger partial charge < -0.3 is 10.5 Å². The molecule has 0 saturated heterocycles. The number of hydrogen-bond acceptors (Lipinski definition) is 2. The maximum atomic E-state index is 5.68. The van der Waals surface area contributed by atoms with Crippen molar-refractivity contribution in [2.75, 3.05) is 5.73 Å². The lowest BCUT2D eigenvalue weighted by Gasteiger charge is -2.08. The quantitative estimate of drug-likeness (QED) is 0.825. The maximum Gasteiger partial charge on any atom is 0.0720 e. The van der Waals surface area contributed by atoms with E-state index in [2.05, 4.69) is 50.2 Å². The Morgan fingerprint density at radius 1 is 0.842 bits per heavy atom. The molecule has 19 heavy (non-hydrogen) atoms. The van der Waals surface area contributed by atoms with E-state index in [4.69, 9.17) is 10.5 Å². The van der Waals surface area contributed by atoms with Gasteiger partial charge >= 0.3 is 0 Å². The van der Waals surface area contributed by atoms with Crippen LogP contribution >= 0.6 is 0 Å². The Morgan fingerprint density at radius 3 is 1.84 bits per heavy atom. The molecule has 0 unspecified atom stereocenters. The van der Waals surface area contributed by atoms with Crippen LogP contribution in [0.3, 0.4) is 0 Å². The van der Waals surface area contributed by atoms with Gasteiger partial charge in [-0.25, -0.2) is 0 Å². The molecule has 0 fully saturated rings. The normalized spacial score (nSPS) is 10.9. The molecular formula is C17H21NO. The molecule has 0 aliphatic rings. The summed E-state index contributed by atoms with van der Waals surface area (Å²) >= 11 is 0. The van der Waals surface area contributed by atoms with Crippen LogP contribution in [0.1, 0.15) is 30.5 Å². The zero-order chi connectivity index (χ0) is 13.7. The van der Waals surface area contributed by atoms with Crippen LogP contribution in [0.2, 0.25) is 0 Å². The number of rotatable bonds is 5. The number of nitrogen functional groups attached to an aromatic ring is 1. The van der Waals surface area contributed by atoms with Crippen LogP contribution in [0.4, 0.5) is 5.69 Å².